The molecule has 4 N–H and O–H groups in total. The zero-order chi connectivity index (χ0) is 26.7. The molecule has 2 aliphatic rings. The zero-order valence-corrected chi connectivity index (χ0v) is 21.1. The number of hydrogen-bond donors (Lipinski definition) is 3. The first kappa shape index (κ1) is 24.0. The average Bonchev–Trinajstić information content (AvgIpc) is 3.47. The normalized spacial score (nSPS) is 21.5. The summed E-state index contributed by atoms with van der Waals surface area (Å²) in [5.41, 5.74) is 7.09. The Labute approximate surface area is 218 Å². The fraction of sp³-hybridized carbons (Fsp3) is 0.321. The summed E-state index contributed by atoms with van der Waals surface area (Å²) in [5, 5.41) is 34.1. The number of nitrogens with zero attached hydrogens (tertiary/aromatic N) is 4. The predicted molar refractivity (Wildman–Crippen MR) is 138 cm³/mol. The van der Waals surface area contributed by atoms with Crippen molar-refractivity contribution < 1.29 is 24.4 Å². The molecule has 194 valence electrons. The van der Waals surface area contributed by atoms with Gasteiger partial charge in [-0.25, -0.2) is 4.98 Å². The Morgan fingerprint density at radius 2 is 1.87 bits per heavy atom. The monoisotopic (exact) mass is 513 g/mol. The maximum Gasteiger partial charge on any atom is 0.223 e. The summed E-state index contributed by atoms with van der Waals surface area (Å²) in [5.74, 6) is 0.276. The molecule has 4 heterocycles. The summed E-state index contributed by atoms with van der Waals surface area (Å²) >= 11 is 0. The van der Waals surface area contributed by atoms with Crippen LogP contribution in [0.4, 0.5) is 5.95 Å². The molecule has 0 radical (unpaired) electrons. The standard InChI is InChI=1S/C28H27N5O5/c1-27-9-10-28(38-27,11-12-37-21-13-17(15-36-2)31-26(30)32-21)23-22(27)24(34)33(25(23)35)20-8-7-16(14-29)18-5-3-4-6-19(18)20/h3-8,13,34-35H,9-12,15H2,1-2H3,(H2,30,31,32)/t27-,28-/m0/s1. The number of rotatable bonds is 7. The van der Waals surface area contributed by atoms with E-state index in [1.165, 1.54) is 4.57 Å². The second-order valence-electron chi connectivity index (χ2n) is 9.94. The first-order chi connectivity index (χ1) is 18.3. The van der Waals surface area contributed by atoms with Gasteiger partial charge in [0.15, 0.2) is 0 Å². The smallest absolute Gasteiger partial charge is 0.223 e. The lowest BCUT2D eigenvalue weighted by molar-refractivity contribution is -0.0877. The van der Waals surface area contributed by atoms with Crippen LogP contribution >= 0.6 is 0 Å². The molecular formula is C28H27N5O5. The first-order valence-electron chi connectivity index (χ1n) is 12.4. The highest BCUT2D eigenvalue weighted by Crippen LogP contribution is 2.65. The molecule has 0 saturated carbocycles. The third-order valence-electron chi connectivity index (χ3n) is 7.62. The summed E-state index contributed by atoms with van der Waals surface area (Å²) in [6.07, 6.45) is 1.76. The van der Waals surface area contributed by atoms with Crippen LogP contribution in [0.2, 0.25) is 0 Å². The molecule has 2 bridgehead atoms. The Kier molecular flexibility index (Phi) is 5.45. The molecule has 38 heavy (non-hydrogen) atoms. The van der Waals surface area contributed by atoms with E-state index in [1.807, 2.05) is 31.2 Å². The van der Waals surface area contributed by atoms with Crippen molar-refractivity contribution in [1.29, 1.82) is 5.26 Å². The van der Waals surface area contributed by atoms with Gasteiger partial charge in [-0.1, -0.05) is 24.3 Å². The van der Waals surface area contributed by atoms with Gasteiger partial charge < -0.3 is 30.2 Å². The van der Waals surface area contributed by atoms with E-state index in [0.29, 0.717) is 53.2 Å². The lowest BCUT2D eigenvalue weighted by Gasteiger charge is -2.26. The van der Waals surface area contributed by atoms with E-state index < -0.39 is 11.2 Å². The fourth-order valence-electron chi connectivity index (χ4n) is 6.02. The van der Waals surface area contributed by atoms with Crippen molar-refractivity contribution in [2.75, 3.05) is 19.5 Å². The van der Waals surface area contributed by atoms with Gasteiger partial charge in [0.1, 0.15) is 5.60 Å². The summed E-state index contributed by atoms with van der Waals surface area (Å²) < 4.78 is 19.0. The lowest BCUT2D eigenvalue weighted by Crippen LogP contribution is -2.25. The molecule has 0 spiro atoms. The van der Waals surface area contributed by atoms with E-state index in [-0.39, 0.29) is 30.9 Å². The van der Waals surface area contributed by atoms with Crippen LogP contribution in [-0.2, 0) is 27.3 Å². The minimum atomic E-state index is -0.840. The molecule has 1 saturated heterocycles. The summed E-state index contributed by atoms with van der Waals surface area (Å²) in [6, 6.07) is 14.8. The van der Waals surface area contributed by atoms with Crippen molar-refractivity contribution in [3.63, 3.8) is 0 Å². The minimum absolute atomic E-state index is 0.0647. The molecule has 2 aliphatic heterocycles. The Hall–Kier alpha value is -4.33. The highest BCUT2D eigenvalue weighted by molar-refractivity contribution is 5.95. The van der Waals surface area contributed by atoms with Crippen molar-refractivity contribution >= 4 is 16.7 Å². The highest BCUT2D eigenvalue weighted by Gasteiger charge is 2.61. The maximum absolute atomic E-state index is 11.6. The molecule has 10 nitrogen and oxygen atoms in total. The number of ether oxygens (including phenoxy) is 3. The molecule has 10 heteroatoms. The van der Waals surface area contributed by atoms with E-state index in [9.17, 15) is 15.5 Å². The van der Waals surface area contributed by atoms with E-state index in [2.05, 4.69) is 16.0 Å². The lowest BCUT2D eigenvalue weighted by atomic mass is 9.78. The first-order valence-corrected chi connectivity index (χ1v) is 12.4. The van der Waals surface area contributed by atoms with E-state index >= 15 is 0 Å². The molecule has 6 rings (SSSR count). The molecule has 2 aromatic carbocycles. The van der Waals surface area contributed by atoms with Gasteiger partial charge in [-0.05, 0) is 31.9 Å². The Morgan fingerprint density at radius 3 is 2.63 bits per heavy atom. The van der Waals surface area contributed by atoms with Gasteiger partial charge in [-0.3, -0.25) is 4.57 Å². The fourth-order valence-corrected chi connectivity index (χ4v) is 6.02. The summed E-state index contributed by atoms with van der Waals surface area (Å²) in [4.78, 5) is 8.27. The van der Waals surface area contributed by atoms with Gasteiger partial charge >= 0.3 is 0 Å². The van der Waals surface area contributed by atoms with Crippen molar-refractivity contribution in [1.82, 2.24) is 14.5 Å². The molecule has 0 amide bonds. The second-order valence-corrected chi connectivity index (χ2v) is 9.94. The van der Waals surface area contributed by atoms with Crippen molar-refractivity contribution in [2.45, 2.75) is 44.0 Å². The van der Waals surface area contributed by atoms with Crippen LogP contribution in [0, 0.1) is 11.3 Å². The van der Waals surface area contributed by atoms with Crippen LogP contribution in [0.3, 0.4) is 0 Å². The molecule has 4 aromatic rings. The number of aromatic hydroxyl groups is 2. The van der Waals surface area contributed by atoms with Crippen LogP contribution < -0.4 is 10.5 Å². The molecular weight excluding hydrogens is 486 g/mol. The Morgan fingerprint density at radius 1 is 1.11 bits per heavy atom. The second kappa shape index (κ2) is 8.62. The van der Waals surface area contributed by atoms with Gasteiger partial charge in [0.05, 0.1) is 53.0 Å². The third-order valence-corrected chi connectivity index (χ3v) is 7.62. The van der Waals surface area contributed by atoms with Gasteiger partial charge in [0.2, 0.25) is 23.6 Å². The molecule has 2 aromatic heterocycles. The molecule has 0 aliphatic carbocycles. The van der Waals surface area contributed by atoms with Gasteiger partial charge in [-0.2, -0.15) is 10.2 Å². The van der Waals surface area contributed by atoms with Crippen molar-refractivity contribution in [3.05, 3.63) is 64.8 Å². The third kappa shape index (κ3) is 3.47. The van der Waals surface area contributed by atoms with Crippen molar-refractivity contribution in [2.24, 2.45) is 0 Å². The molecule has 0 unspecified atom stereocenters. The number of benzene rings is 2. The van der Waals surface area contributed by atoms with Gasteiger partial charge in [0, 0.05) is 30.4 Å². The number of fused-ring (bicyclic) bond motifs is 6. The largest absolute Gasteiger partial charge is 0.494 e. The van der Waals surface area contributed by atoms with Crippen LogP contribution in [0.15, 0.2) is 42.5 Å². The number of nitrogens with two attached hydrogens (primary N) is 1. The van der Waals surface area contributed by atoms with Crippen LogP contribution in [0.1, 0.15) is 48.6 Å². The van der Waals surface area contributed by atoms with E-state index in [0.717, 1.165) is 10.8 Å². The number of methoxy groups -OCH3 is 1. The molecule has 1 fully saturated rings. The number of hydrogen-bond acceptors (Lipinski definition) is 9. The summed E-state index contributed by atoms with van der Waals surface area (Å²) in [7, 11) is 1.57. The maximum atomic E-state index is 11.6. The van der Waals surface area contributed by atoms with Crippen LogP contribution in [0.25, 0.3) is 16.5 Å². The number of nitrogen functional groups attached to an aromatic ring is 1. The molecule has 2 atom stereocenters. The van der Waals surface area contributed by atoms with E-state index in [4.69, 9.17) is 19.9 Å². The number of nitriles is 1. The zero-order valence-electron chi connectivity index (χ0n) is 21.1. The average molecular weight is 514 g/mol. The Bertz CT molecular complexity index is 1630. The van der Waals surface area contributed by atoms with Gasteiger partial charge in [0.25, 0.3) is 0 Å². The predicted octanol–water partition coefficient (Wildman–Crippen LogP) is 4.14. The minimum Gasteiger partial charge on any atom is -0.494 e. The number of anilines is 1. The Balaban J connectivity index is 1.38. The highest BCUT2D eigenvalue weighted by atomic mass is 16.5. The SMILES string of the molecule is COCc1cc(OCC[C@]23CC[C@](C)(O2)c2c3c(O)n(-c3ccc(C#N)c4ccccc34)c2O)nc(N)n1. The number of aromatic nitrogens is 3. The van der Waals surface area contributed by atoms with Crippen LogP contribution in [0.5, 0.6) is 17.6 Å². The van der Waals surface area contributed by atoms with Crippen molar-refractivity contribution in [3.8, 4) is 29.4 Å². The van der Waals surface area contributed by atoms with E-state index in [1.54, 1.807) is 25.3 Å². The summed E-state index contributed by atoms with van der Waals surface area (Å²) in [6.45, 7) is 2.45. The van der Waals surface area contributed by atoms with Crippen LogP contribution in [-0.4, -0.2) is 38.5 Å². The quantitative estimate of drug-likeness (QED) is 0.331. The topological polar surface area (TPSA) is 149 Å². The van der Waals surface area contributed by atoms with Gasteiger partial charge in [-0.15, -0.1) is 0 Å².